The molecule has 0 amide bonds. The molecule has 0 spiro atoms. The highest BCUT2D eigenvalue weighted by atomic mass is 127. The van der Waals surface area contributed by atoms with E-state index in [1.807, 2.05) is 11.4 Å². The van der Waals surface area contributed by atoms with Gasteiger partial charge in [0.1, 0.15) is 0 Å². The van der Waals surface area contributed by atoms with Gasteiger partial charge in [-0.05, 0) is 40.2 Å². The number of hydrogen-bond donors (Lipinski definition) is 3. The van der Waals surface area contributed by atoms with Crippen LogP contribution in [0.5, 0.6) is 0 Å². The Morgan fingerprint density at radius 2 is 2.07 bits per heavy atom. The highest BCUT2D eigenvalue weighted by Gasteiger charge is 2.18. The third-order valence-corrected chi connectivity index (χ3v) is 4.01. The SMILES string of the molecule is OB(O)c1cc(I)cc2scc(S)c12. The summed E-state index contributed by atoms with van der Waals surface area (Å²) in [5.41, 5.74) is 0.526. The van der Waals surface area contributed by atoms with Crippen LogP contribution >= 0.6 is 46.6 Å². The molecule has 72 valence electrons. The second kappa shape index (κ2) is 4.01. The van der Waals surface area contributed by atoms with Crippen LogP contribution in [0.2, 0.25) is 0 Å². The van der Waals surface area contributed by atoms with Crippen LogP contribution in [0.15, 0.2) is 22.4 Å². The van der Waals surface area contributed by atoms with Gasteiger partial charge in [0.05, 0.1) is 0 Å². The van der Waals surface area contributed by atoms with Crippen molar-refractivity contribution in [3.63, 3.8) is 0 Å². The highest BCUT2D eigenvalue weighted by Crippen LogP contribution is 2.28. The molecule has 0 unspecified atom stereocenters. The van der Waals surface area contributed by atoms with Crippen LogP contribution in [0, 0.1) is 3.57 Å². The van der Waals surface area contributed by atoms with E-state index in [0.717, 1.165) is 18.6 Å². The lowest BCUT2D eigenvalue weighted by molar-refractivity contribution is 0.426. The molecule has 2 rings (SSSR count). The van der Waals surface area contributed by atoms with Gasteiger partial charge in [0.15, 0.2) is 0 Å². The second-order valence-electron chi connectivity index (χ2n) is 2.86. The summed E-state index contributed by atoms with van der Waals surface area (Å²) in [7, 11) is -1.44. The van der Waals surface area contributed by atoms with Gasteiger partial charge in [-0.15, -0.1) is 24.0 Å². The number of fused-ring (bicyclic) bond motifs is 1. The van der Waals surface area contributed by atoms with Gasteiger partial charge in [0.2, 0.25) is 0 Å². The van der Waals surface area contributed by atoms with E-state index in [4.69, 9.17) is 0 Å². The molecule has 6 heteroatoms. The molecule has 0 aliphatic heterocycles. The van der Waals surface area contributed by atoms with Crippen molar-refractivity contribution in [1.82, 2.24) is 0 Å². The highest BCUT2D eigenvalue weighted by molar-refractivity contribution is 14.1. The Balaban J connectivity index is 2.83. The third kappa shape index (κ3) is 1.81. The van der Waals surface area contributed by atoms with Crippen LogP contribution in [0.4, 0.5) is 0 Å². The molecule has 1 aromatic carbocycles. The second-order valence-corrected chi connectivity index (χ2v) is 5.50. The molecular weight excluding hydrogens is 330 g/mol. The Morgan fingerprint density at radius 3 is 2.71 bits per heavy atom. The molecule has 0 bridgehead atoms. The summed E-state index contributed by atoms with van der Waals surface area (Å²) in [6.45, 7) is 0. The van der Waals surface area contributed by atoms with E-state index in [0.29, 0.717) is 5.46 Å². The zero-order valence-electron chi connectivity index (χ0n) is 6.94. The van der Waals surface area contributed by atoms with Gasteiger partial charge >= 0.3 is 7.12 Å². The molecule has 0 radical (unpaired) electrons. The van der Waals surface area contributed by atoms with Crippen LogP contribution in [-0.2, 0) is 0 Å². The minimum atomic E-state index is -1.44. The van der Waals surface area contributed by atoms with Gasteiger partial charge in [-0.1, -0.05) is 0 Å². The van der Waals surface area contributed by atoms with Crippen molar-refractivity contribution in [3.05, 3.63) is 21.1 Å². The molecule has 0 aliphatic carbocycles. The van der Waals surface area contributed by atoms with Gasteiger partial charge in [-0.3, -0.25) is 0 Å². The summed E-state index contributed by atoms with van der Waals surface area (Å²) in [4.78, 5) is 0.796. The Labute approximate surface area is 105 Å². The van der Waals surface area contributed by atoms with Crippen LogP contribution < -0.4 is 5.46 Å². The Bertz CT molecular complexity index is 483. The molecule has 14 heavy (non-hydrogen) atoms. The quantitative estimate of drug-likeness (QED) is 0.419. The average Bonchev–Trinajstić information content (AvgIpc) is 2.46. The first-order valence-electron chi connectivity index (χ1n) is 3.85. The monoisotopic (exact) mass is 336 g/mol. The van der Waals surface area contributed by atoms with Crippen molar-refractivity contribution in [3.8, 4) is 0 Å². The summed E-state index contributed by atoms with van der Waals surface area (Å²) in [6.07, 6.45) is 0. The first-order chi connectivity index (χ1) is 6.59. The predicted molar refractivity (Wildman–Crippen MR) is 71.6 cm³/mol. The van der Waals surface area contributed by atoms with Crippen molar-refractivity contribution in [2.24, 2.45) is 0 Å². The molecule has 2 aromatic rings. The van der Waals surface area contributed by atoms with Crippen LogP contribution in [-0.4, -0.2) is 17.2 Å². The lowest BCUT2D eigenvalue weighted by Gasteiger charge is -2.03. The lowest BCUT2D eigenvalue weighted by atomic mass is 9.78. The summed E-state index contributed by atoms with van der Waals surface area (Å²) < 4.78 is 2.03. The van der Waals surface area contributed by atoms with Crippen molar-refractivity contribution >= 4 is 69.2 Å². The number of thiol groups is 1. The fraction of sp³-hybridized carbons (Fsp3) is 0. The standard InChI is InChI=1S/C8H6BIO2S2/c10-4-1-5(9(11)12)8-6(13)3-14-7(8)2-4/h1-3,11-13H. The maximum absolute atomic E-state index is 9.21. The first kappa shape index (κ1) is 10.8. The lowest BCUT2D eigenvalue weighted by Crippen LogP contribution is -2.30. The fourth-order valence-electron chi connectivity index (χ4n) is 1.35. The number of benzene rings is 1. The van der Waals surface area contributed by atoms with E-state index in [1.165, 1.54) is 0 Å². The molecular formula is C8H6BIO2S2. The molecule has 0 saturated carbocycles. The maximum atomic E-state index is 9.21. The Morgan fingerprint density at radius 1 is 1.36 bits per heavy atom. The Hall–Kier alpha value is 0.245. The molecule has 0 aliphatic rings. The van der Waals surface area contributed by atoms with E-state index < -0.39 is 7.12 Å². The molecule has 0 saturated heterocycles. The van der Waals surface area contributed by atoms with E-state index in [1.54, 1.807) is 17.4 Å². The smallest absolute Gasteiger partial charge is 0.423 e. The topological polar surface area (TPSA) is 40.5 Å². The number of halogens is 1. The molecule has 1 heterocycles. The Kier molecular flexibility index (Phi) is 3.08. The number of hydrogen-bond acceptors (Lipinski definition) is 4. The minimum absolute atomic E-state index is 0.526. The summed E-state index contributed by atoms with van der Waals surface area (Å²) in [5.74, 6) is 0. The zero-order chi connectivity index (χ0) is 10.3. The van der Waals surface area contributed by atoms with E-state index >= 15 is 0 Å². The van der Waals surface area contributed by atoms with Crippen molar-refractivity contribution in [2.45, 2.75) is 4.90 Å². The maximum Gasteiger partial charge on any atom is 0.489 e. The number of thiophene rings is 1. The van der Waals surface area contributed by atoms with Crippen LogP contribution in [0.3, 0.4) is 0 Å². The largest absolute Gasteiger partial charge is 0.489 e. The molecule has 0 fully saturated rings. The normalized spacial score (nSPS) is 10.9. The van der Waals surface area contributed by atoms with Gasteiger partial charge in [-0.25, -0.2) is 0 Å². The average molecular weight is 336 g/mol. The van der Waals surface area contributed by atoms with Crippen molar-refractivity contribution in [1.29, 1.82) is 0 Å². The summed E-state index contributed by atoms with van der Waals surface area (Å²) in [5, 5.41) is 21.2. The van der Waals surface area contributed by atoms with Crippen LogP contribution in [0.1, 0.15) is 0 Å². The van der Waals surface area contributed by atoms with Gasteiger partial charge < -0.3 is 10.0 Å². The molecule has 1 aromatic heterocycles. The van der Waals surface area contributed by atoms with Gasteiger partial charge in [-0.2, -0.15) is 0 Å². The third-order valence-electron chi connectivity index (χ3n) is 1.93. The van der Waals surface area contributed by atoms with E-state index in [2.05, 4.69) is 35.2 Å². The fourth-order valence-corrected chi connectivity index (χ4v) is 3.59. The predicted octanol–water partition coefficient (Wildman–Crippen LogP) is 1.47. The van der Waals surface area contributed by atoms with Crippen molar-refractivity contribution in [2.75, 3.05) is 0 Å². The number of rotatable bonds is 1. The first-order valence-corrected chi connectivity index (χ1v) is 6.26. The zero-order valence-corrected chi connectivity index (χ0v) is 10.8. The van der Waals surface area contributed by atoms with Crippen LogP contribution in [0.25, 0.3) is 10.1 Å². The van der Waals surface area contributed by atoms with E-state index in [-0.39, 0.29) is 0 Å². The van der Waals surface area contributed by atoms with Gasteiger partial charge in [0, 0.05) is 23.9 Å². The van der Waals surface area contributed by atoms with E-state index in [9.17, 15) is 10.0 Å². The summed E-state index contributed by atoms with van der Waals surface area (Å²) >= 11 is 8.00. The van der Waals surface area contributed by atoms with Crippen molar-refractivity contribution < 1.29 is 10.0 Å². The molecule has 2 nitrogen and oxygen atoms in total. The van der Waals surface area contributed by atoms with Gasteiger partial charge in [0.25, 0.3) is 0 Å². The summed E-state index contributed by atoms with van der Waals surface area (Å²) in [6, 6.07) is 3.77. The molecule has 2 N–H and O–H groups in total. The minimum Gasteiger partial charge on any atom is -0.423 e. The molecule has 0 atom stereocenters.